The van der Waals surface area contributed by atoms with Crippen molar-refractivity contribution in [3.8, 4) is 0 Å². The molecule has 2 aromatic heterocycles. The number of rotatable bonds is 5. The van der Waals surface area contributed by atoms with Crippen LogP contribution in [0.25, 0.3) is 0 Å². The largest absolute Gasteiger partial charge is 0.322 e. The molecule has 22 heavy (non-hydrogen) atoms. The number of hydrogen-bond donors (Lipinski definition) is 1. The van der Waals surface area contributed by atoms with Crippen LogP contribution in [0.2, 0.25) is 0 Å². The second-order valence-electron chi connectivity index (χ2n) is 5.62. The van der Waals surface area contributed by atoms with E-state index in [1.165, 1.54) is 4.88 Å². The molecule has 1 unspecified atom stereocenters. The van der Waals surface area contributed by atoms with E-state index in [4.69, 9.17) is 0 Å². The summed E-state index contributed by atoms with van der Waals surface area (Å²) in [6.45, 7) is 8.34. The van der Waals surface area contributed by atoms with Gasteiger partial charge in [0.05, 0.1) is 34.7 Å². The predicted octanol–water partition coefficient (Wildman–Crippen LogP) is 2.43. The predicted molar refractivity (Wildman–Crippen MR) is 89.2 cm³/mol. The average Bonchev–Trinajstić information content (AvgIpc) is 2.90. The van der Waals surface area contributed by atoms with E-state index in [2.05, 4.69) is 29.2 Å². The summed E-state index contributed by atoms with van der Waals surface area (Å²) >= 11 is 1.69. The first-order valence-corrected chi connectivity index (χ1v) is 8.03. The van der Waals surface area contributed by atoms with Crippen molar-refractivity contribution < 1.29 is 4.79 Å². The minimum absolute atomic E-state index is 0.0462. The van der Waals surface area contributed by atoms with Gasteiger partial charge in [-0.05, 0) is 34.7 Å². The first-order valence-electron chi connectivity index (χ1n) is 7.22. The lowest BCUT2D eigenvalue weighted by atomic mass is 10.2. The molecule has 0 saturated heterocycles. The maximum Gasteiger partial charge on any atom is 0.238 e. The van der Waals surface area contributed by atoms with Gasteiger partial charge in [0.1, 0.15) is 0 Å². The standard InChI is InChI=1S/C15H23N5OS/c1-9-13(7-20(6)18-9)17-14(21)8-19(5)10(2)15-11(3)22-12(4)16-15/h7,10H,8H2,1-6H3,(H,17,21). The van der Waals surface area contributed by atoms with E-state index >= 15 is 0 Å². The smallest absolute Gasteiger partial charge is 0.238 e. The number of carbonyl (C=O) groups is 1. The maximum atomic E-state index is 12.2. The molecule has 1 N–H and O–H groups in total. The molecule has 0 spiro atoms. The zero-order chi connectivity index (χ0) is 16.4. The monoisotopic (exact) mass is 321 g/mol. The van der Waals surface area contributed by atoms with Crippen molar-refractivity contribution in [1.29, 1.82) is 0 Å². The Morgan fingerprint density at radius 3 is 2.64 bits per heavy atom. The van der Waals surface area contributed by atoms with Gasteiger partial charge in [0, 0.05) is 18.1 Å². The molecule has 2 heterocycles. The van der Waals surface area contributed by atoms with Crippen LogP contribution in [0.15, 0.2) is 6.20 Å². The third-order valence-corrected chi connectivity index (χ3v) is 4.58. The molecule has 2 rings (SSSR count). The normalized spacial score (nSPS) is 12.7. The Morgan fingerprint density at radius 1 is 1.45 bits per heavy atom. The molecule has 0 bridgehead atoms. The zero-order valence-electron chi connectivity index (χ0n) is 14.0. The summed E-state index contributed by atoms with van der Waals surface area (Å²) in [5.41, 5.74) is 2.63. The number of aryl methyl sites for hydroxylation is 4. The highest BCUT2D eigenvalue weighted by Gasteiger charge is 2.20. The number of carbonyl (C=O) groups excluding carboxylic acids is 1. The summed E-state index contributed by atoms with van der Waals surface area (Å²) in [4.78, 5) is 20.0. The van der Waals surface area contributed by atoms with Gasteiger partial charge in [-0.3, -0.25) is 14.4 Å². The molecule has 6 nitrogen and oxygen atoms in total. The van der Waals surface area contributed by atoms with E-state index in [0.717, 1.165) is 22.1 Å². The Morgan fingerprint density at radius 2 is 2.14 bits per heavy atom. The highest BCUT2D eigenvalue weighted by atomic mass is 32.1. The first kappa shape index (κ1) is 16.6. The summed E-state index contributed by atoms with van der Waals surface area (Å²) in [7, 11) is 3.78. The molecule has 1 amide bonds. The third-order valence-electron chi connectivity index (χ3n) is 3.68. The Bertz CT molecular complexity index is 676. The van der Waals surface area contributed by atoms with Crippen LogP contribution in [0.5, 0.6) is 0 Å². The molecule has 7 heteroatoms. The van der Waals surface area contributed by atoms with Crippen LogP contribution in [-0.2, 0) is 11.8 Å². The lowest BCUT2D eigenvalue weighted by Crippen LogP contribution is -2.32. The maximum absolute atomic E-state index is 12.2. The number of thiazole rings is 1. The average molecular weight is 321 g/mol. The molecule has 0 radical (unpaired) electrons. The number of nitrogens with one attached hydrogen (secondary N) is 1. The van der Waals surface area contributed by atoms with Crippen LogP contribution >= 0.6 is 11.3 Å². The van der Waals surface area contributed by atoms with E-state index in [9.17, 15) is 4.79 Å². The van der Waals surface area contributed by atoms with E-state index in [1.807, 2.05) is 39.0 Å². The quantitative estimate of drug-likeness (QED) is 0.919. The van der Waals surface area contributed by atoms with Crippen molar-refractivity contribution >= 4 is 22.9 Å². The number of amides is 1. The summed E-state index contributed by atoms with van der Waals surface area (Å²) in [5.74, 6) is -0.0462. The summed E-state index contributed by atoms with van der Waals surface area (Å²) in [6.07, 6.45) is 1.81. The van der Waals surface area contributed by atoms with E-state index in [1.54, 1.807) is 16.0 Å². The van der Waals surface area contributed by atoms with Crippen molar-refractivity contribution in [2.24, 2.45) is 7.05 Å². The Balaban J connectivity index is 1.99. The van der Waals surface area contributed by atoms with Gasteiger partial charge in [-0.15, -0.1) is 11.3 Å². The van der Waals surface area contributed by atoms with Crippen LogP contribution < -0.4 is 5.32 Å². The van der Waals surface area contributed by atoms with Crippen LogP contribution in [0.4, 0.5) is 5.69 Å². The molecule has 0 aliphatic rings. The third kappa shape index (κ3) is 3.72. The molecule has 2 aromatic rings. The van der Waals surface area contributed by atoms with E-state index in [-0.39, 0.29) is 11.9 Å². The number of nitrogens with zero attached hydrogens (tertiary/aromatic N) is 4. The van der Waals surface area contributed by atoms with Gasteiger partial charge in [0.25, 0.3) is 0 Å². The topological polar surface area (TPSA) is 63.1 Å². The number of hydrogen-bond acceptors (Lipinski definition) is 5. The van der Waals surface area contributed by atoms with Crippen LogP contribution in [-0.4, -0.2) is 39.2 Å². The SMILES string of the molecule is Cc1nc(C(C)N(C)CC(=O)Nc2cn(C)nc2C)c(C)s1. The van der Waals surface area contributed by atoms with Gasteiger partial charge in [-0.25, -0.2) is 4.98 Å². The van der Waals surface area contributed by atoms with Gasteiger partial charge in [-0.1, -0.05) is 0 Å². The highest BCUT2D eigenvalue weighted by molar-refractivity contribution is 7.11. The second kappa shape index (κ2) is 6.58. The molecule has 120 valence electrons. The molecule has 0 aromatic carbocycles. The van der Waals surface area contributed by atoms with Crippen molar-refractivity contribution in [3.05, 3.63) is 27.5 Å². The van der Waals surface area contributed by atoms with Crippen LogP contribution in [0, 0.1) is 20.8 Å². The lowest BCUT2D eigenvalue weighted by molar-refractivity contribution is -0.117. The summed E-state index contributed by atoms with van der Waals surface area (Å²) < 4.78 is 1.69. The van der Waals surface area contributed by atoms with E-state index < -0.39 is 0 Å². The summed E-state index contributed by atoms with van der Waals surface area (Å²) in [6, 6.07) is 0.102. The molecule has 0 fully saturated rings. The van der Waals surface area contributed by atoms with Crippen LogP contribution in [0.3, 0.4) is 0 Å². The Hall–Kier alpha value is -1.73. The lowest BCUT2D eigenvalue weighted by Gasteiger charge is -2.23. The Labute approximate surface area is 135 Å². The minimum atomic E-state index is -0.0462. The van der Waals surface area contributed by atoms with Gasteiger partial charge >= 0.3 is 0 Å². The second-order valence-corrected chi connectivity index (χ2v) is 7.02. The van der Waals surface area contributed by atoms with Crippen molar-refractivity contribution in [2.75, 3.05) is 18.9 Å². The fraction of sp³-hybridized carbons (Fsp3) is 0.533. The molecular weight excluding hydrogens is 298 g/mol. The molecular formula is C15H23N5OS. The zero-order valence-corrected chi connectivity index (χ0v) is 14.8. The van der Waals surface area contributed by atoms with Gasteiger partial charge in [-0.2, -0.15) is 5.10 Å². The number of likely N-dealkylation sites (N-methyl/N-ethyl adjacent to an activating group) is 1. The Kier molecular flexibility index (Phi) is 4.97. The number of aromatic nitrogens is 3. The van der Waals surface area contributed by atoms with E-state index in [0.29, 0.717) is 6.54 Å². The van der Waals surface area contributed by atoms with Gasteiger partial charge in [0.2, 0.25) is 5.91 Å². The minimum Gasteiger partial charge on any atom is -0.322 e. The van der Waals surface area contributed by atoms with Crippen LogP contribution in [0.1, 0.15) is 34.2 Å². The summed E-state index contributed by atoms with van der Waals surface area (Å²) in [5, 5.41) is 8.18. The molecule has 1 atom stereocenters. The van der Waals surface area contributed by atoms with Gasteiger partial charge < -0.3 is 5.32 Å². The fourth-order valence-corrected chi connectivity index (χ4v) is 3.32. The fourth-order valence-electron chi connectivity index (χ4n) is 2.42. The van der Waals surface area contributed by atoms with Crippen molar-refractivity contribution in [1.82, 2.24) is 19.7 Å². The number of anilines is 1. The van der Waals surface area contributed by atoms with Gasteiger partial charge in [0.15, 0.2) is 0 Å². The van der Waals surface area contributed by atoms with Crippen molar-refractivity contribution in [3.63, 3.8) is 0 Å². The van der Waals surface area contributed by atoms with Crippen molar-refractivity contribution in [2.45, 2.75) is 33.7 Å². The molecule has 0 aliphatic heterocycles. The first-order chi connectivity index (χ1) is 10.3. The molecule has 0 saturated carbocycles. The molecule has 0 aliphatic carbocycles. The highest BCUT2D eigenvalue weighted by Crippen LogP contribution is 2.25.